The van der Waals surface area contributed by atoms with Crippen molar-refractivity contribution >= 4 is 11.0 Å². The number of rotatable bonds is 3. The Morgan fingerprint density at radius 1 is 1.40 bits per heavy atom. The quantitative estimate of drug-likeness (QED) is 0.935. The highest BCUT2D eigenvalue weighted by molar-refractivity contribution is 5.77. The van der Waals surface area contributed by atoms with Crippen LogP contribution in [0.4, 0.5) is 0 Å². The monoisotopic (exact) mass is 275 g/mol. The highest BCUT2D eigenvalue weighted by Crippen LogP contribution is 2.28. The molecule has 5 nitrogen and oxygen atoms in total. The van der Waals surface area contributed by atoms with Gasteiger partial charge in [-0.25, -0.2) is 4.79 Å². The smallest absolute Gasteiger partial charge is 0.327 e. The van der Waals surface area contributed by atoms with Crippen molar-refractivity contribution in [3.05, 3.63) is 28.7 Å². The third-order valence-electron chi connectivity index (χ3n) is 4.21. The van der Waals surface area contributed by atoms with E-state index in [1.165, 1.54) is 12.8 Å². The van der Waals surface area contributed by atoms with Gasteiger partial charge < -0.3 is 9.72 Å². The maximum Gasteiger partial charge on any atom is 0.327 e. The largest absolute Gasteiger partial charge is 0.497 e. The molecule has 108 valence electrons. The van der Waals surface area contributed by atoms with E-state index in [2.05, 4.69) is 16.8 Å². The highest BCUT2D eigenvalue weighted by Gasteiger charge is 2.25. The lowest BCUT2D eigenvalue weighted by molar-refractivity contribution is 0.103. The molecule has 2 heterocycles. The summed E-state index contributed by atoms with van der Waals surface area (Å²) in [6.45, 7) is 4.19. The molecule has 20 heavy (non-hydrogen) atoms. The van der Waals surface area contributed by atoms with Crippen molar-refractivity contribution < 1.29 is 4.74 Å². The van der Waals surface area contributed by atoms with Gasteiger partial charge in [0.25, 0.3) is 0 Å². The lowest BCUT2D eigenvalue weighted by Gasteiger charge is -2.35. The molecule has 1 aromatic carbocycles. The van der Waals surface area contributed by atoms with Gasteiger partial charge in [-0.3, -0.25) is 9.47 Å². The molecule has 1 atom stereocenters. The number of H-pyrrole nitrogens is 1. The first-order valence-corrected chi connectivity index (χ1v) is 7.27. The summed E-state index contributed by atoms with van der Waals surface area (Å²) in [5.41, 5.74) is 1.77. The van der Waals surface area contributed by atoms with Crippen LogP contribution in [0.3, 0.4) is 0 Å². The number of benzene rings is 1. The van der Waals surface area contributed by atoms with E-state index in [0.717, 1.165) is 36.3 Å². The molecule has 0 aliphatic carbocycles. The average Bonchev–Trinajstić information content (AvgIpc) is 2.81. The molecule has 2 aromatic rings. The standard InChI is InChI=1S/C15H21N3O2/c1-3-17-9-5-4-6-14(17)18-13-8-7-11(20-2)10-12(13)16-15(18)19/h7-8,10,14H,3-6,9H2,1-2H3,(H,16,19). The second kappa shape index (κ2) is 5.32. The summed E-state index contributed by atoms with van der Waals surface area (Å²) in [6, 6.07) is 5.76. The molecule has 1 fully saturated rings. The van der Waals surface area contributed by atoms with Gasteiger partial charge >= 0.3 is 5.69 Å². The second-order valence-corrected chi connectivity index (χ2v) is 5.29. The first-order chi connectivity index (χ1) is 9.74. The topological polar surface area (TPSA) is 50.3 Å². The number of likely N-dealkylation sites (tertiary alicyclic amines) is 1. The van der Waals surface area contributed by atoms with E-state index < -0.39 is 0 Å². The molecular weight excluding hydrogens is 254 g/mol. The summed E-state index contributed by atoms with van der Waals surface area (Å²) in [7, 11) is 1.64. The van der Waals surface area contributed by atoms with Gasteiger partial charge in [-0.05, 0) is 37.9 Å². The van der Waals surface area contributed by atoms with E-state index in [1.54, 1.807) is 7.11 Å². The SMILES string of the molecule is CCN1CCCCC1n1c(=O)[nH]c2cc(OC)ccc21. The molecule has 1 N–H and O–H groups in total. The molecule has 1 saturated heterocycles. The van der Waals surface area contributed by atoms with Crippen LogP contribution < -0.4 is 10.4 Å². The van der Waals surface area contributed by atoms with Gasteiger partial charge in [-0.15, -0.1) is 0 Å². The Hall–Kier alpha value is -1.75. The summed E-state index contributed by atoms with van der Waals surface area (Å²) in [5, 5.41) is 0. The Morgan fingerprint density at radius 2 is 2.25 bits per heavy atom. The number of nitrogens with zero attached hydrogens (tertiary/aromatic N) is 2. The van der Waals surface area contributed by atoms with E-state index in [0.29, 0.717) is 0 Å². The number of methoxy groups -OCH3 is 1. The Morgan fingerprint density at radius 3 is 3.00 bits per heavy atom. The predicted molar refractivity (Wildman–Crippen MR) is 79.2 cm³/mol. The summed E-state index contributed by atoms with van der Waals surface area (Å²) in [4.78, 5) is 17.7. The van der Waals surface area contributed by atoms with E-state index >= 15 is 0 Å². The predicted octanol–water partition coefficient (Wildman–Crippen LogP) is 2.34. The molecule has 0 amide bonds. The van der Waals surface area contributed by atoms with E-state index in [9.17, 15) is 4.79 Å². The summed E-state index contributed by atoms with van der Waals surface area (Å²) in [5.74, 6) is 0.766. The zero-order chi connectivity index (χ0) is 14.1. The van der Waals surface area contributed by atoms with Crippen LogP contribution >= 0.6 is 0 Å². The molecule has 0 spiro atoms. The van der Waals surface area contributed by atoms with Crippen molar-refractivity contribution in [2.24, 2.45) is 0 Å². The lowest BCUT2D eigenvalue weighted by Crippen LogP contribution is -2.40. The van der Waals surface area contributed by atoms with Crippen molar-refractivity contribution in [3.63, 3.8) is 0 Å². The van der Waals surface area contributed by atoms with E-state index in [-0.39, 0.29) is 11.9 Å². The maximum absolute atomic E-state index is 12.3. The third-order valence-corrected chi connectivity index (χ3v) is 4.21. The number of nitrogens with one attached hydrogen (secondary N) is 1. The average molecular weight is 275 g/mol. The number of aromatic amines is 1. The number of fused-ring (bicyclic) bond motifs is 1. The number of imidazole rings is 1. The summed E-state index contributed by atoms with van der Waals surface area (Å²) < 4.78 is 7.12. The fourth-order valence-electron chi connectivity index (χ4n) is 3.17. The van der Waals surface area contributed by atoms with Crippen molar-refractivity contribution in [2.75, 3.05) is 20.2 Å². The first kappa shape index (κ1) is 13.2. The number of hydrogen-bond acceptors (Lipinski definition) is 3. The van der Waals surface area contributed by atoms with Crippen LogP contribution in [0.1, 0.15) is 32.4 Å². The first-order valence-electron chi connectivity index (χ1n) is 7.27. The lowest BCUT2D eigenvalue weighted by atomic mass is 10.1. The summed E-state index contributed by atoms with van der Waals surface area (Å²) >= 11 is 0. The fourth-order valence-corrected chi connectivity index (χ4v) is 3.17. The molecule has 1 unspecified atom stereocenters. The highest BCUT2D eigenvalue weighted by atomic mass is 16.5. The number of piperidine rings is 1. The minimum Gasteiger partial charge on any atom is -0.497 e. The Labute approximate surface area is 118 Å². The van der Waals surface area contributed by atoms with Crippen molar-refractivity contribution in [1.82, 2.24) is 14.5 Å². The van der Waals surface area contributed by atoms with Crippen molar-refractivity contribution in [2.45, 2.75) is 32.4 Å². The molecule has 1 aliphatic heterocycles. The molecule has 0 saturated carbocycles. The Kier molecular flexibility index (Phi) is 3.53. The molecule has 0 radical (unpaired) electrons. The van der Waals surface area contributed by atoms with Gasteiger partial charge in [-0.1, -0.05) is 6.92 Å². The van der Waals surface area contributed by atoms with E-state index in [1.807, 2.05) is 22.8 Å². The van der Waals surface area contributed by atoms with Gasteiger partial charge in [0.05, 0.1) is 24.3 Å². The minimum absolute atomic E-state index is 0.0291. The molecule has 0 bridgehead atoms. The Bertz CT molecular complexity index is 659. The number of ether oxygens (including phenoxy) is 1. The van der Waals surface area contributed by atoms with Crippen LogP contribution in [0, 0.1) is 0 Å². The minimum atomic E-state index is -0.0291. The third kappa shape index (κ3) is 2.12. The van der Waals surface area contributed by atoms with Crippen LogP contribution in [0.15, 0.2) is 23.0 Å². The van der Waals surface area contributed by atoms with Crippen LogP contribution in [0.25, 0.3) is 11.0 Å². The van der Waals surface area contributed by atoms with Gasteiger partial charge in [-0.2, -0.15) is 0 Å². The number of aromatic nitrogens is 2. The number of hydrogen-bond donors (Lipinski definition) is 1. The zero-order valence-corrected chi connectivity index (χ0v) is 12.1. The normalized spacial score (nSPS) is 20.4. The molecule has 1 aromatic heterocycles. The van der Waals surface area contributed by atoms with E-state index in [4.69, 9.17) is 4.74 Å². The van der Waals surface area contributed by atoms with Crippen LogP contribution in [-0.4, -0.2) is 34.7 Å². The van der Waals surface area contributed by atoms with Crippen LogP contribution in [-0.2, 0) is 0 Å². The van der Waals surface area contributed by atoms with Crippen LogP contribution in [0.2, 0.25) is 0 Å². The van der Waals surface area contributed by atoms with Crippen molar-refractivity contribution in [1.29, 1.82) is 0 Å². The van der Waals surface area contributed by atoms with Gasteiger partial charge in [0.15, 0.2) is 0 Å². The fraction of sp³-hybridized carbons (Fsp3) is 0.533. The molecule has 5 heteroatoms. The van der Waals surface area contributed by atoms with Gasteiger partial charge in [0.2, 0.25) is 0 Å². The summed E-state index contributed by atoms with van der Waals surface area (Å²) in [6.07, 6.45) is 3.60. The second-order valence-electron chi connectivity index (χ2n) is 5.29. The zero-order valence-electron chi connectivity index (χ0n) is 12.1. The molecular formula is C15H21N3O2. The van der Waals surface area contributed by atoms with Crippen LogP contribution in [0.5, 0.6) is 5.75 Å². The maximum atomic E-state index is 12.3. The Balaban J connectivity index is 2.10. The van der Waals surface area contributed by atoms with Gasteiger partial charge in [0.1, 0.15) is 5.75 Å². The van der Waals surface area contributed by atoms with Gasteiger partial charge in [0, 0.05) is 12.6 Å². The molecule has 1 aliphatic rings. The molecule has 3 rings (SSSR count). The van der Waals surface area contributed by atoms with Crippen molar-refractivity contribution in [3.8, 4) is 5.75 Å².